The maximum absolute atomic E-state index is 13.0. The number of aromatic hydroxyl groups is 2. The topological polar surface area (TPSA) is 119 Å². The molecule has 7 nitrogen and oxygen atoms in total. The Kier molecular flexibility index (Phi) is 3.97. The van der Waals surface area contributed by atoms with Crippen LogP contribution < -0.4 is 10.5 Å². The molecule has 3 aromatic rings. The third-order valence-electron chi connectivity index (χ3n) is 5.34. The minimum atomic E-state index is -1.32. The summed E-state index contributed by atoms with van der Waals surface area (Å²) in [6.45, 7) is 0. The number of phenolic OH excluding ortho intramolecular Hbond substituents is 2. The summed E-state index contributed by atoms with van der Waals surface area (Å²) in [5, 5.41) is 19.9. The molecule has 1 unspecified atom stereocenters. The summed E-state index contributed by atoms with van der Waals surface area (Å²) in [6, 6.07) is 14.2. The number of ether oxygens (including phenoxy) is 2. The summed E-state index contributed by atoms with van der Waals surface area (Å²) in [5.41, 5.74) is 6.67. The monoisotopic (exact) mass is 515 g/mol. The van der Waals surface area contributed by atoms with Gasteiger partial charge in [-0.2, -0.15) is 0 Å². The van der Waals surface area contributed by atoms with Crippen molar-refractivity contribution >= 4 is 34.5 Å². The first-order valence-electron chi connectivity index (χ1n) is 8.97. The number of fused-ring (bicyclic) bond motifs is 6. The van der Waals surface area contributed by atoms with Crippen molar-refractivity contribution in [3.05, 3.63) is 82.4 Å². The van der Waals surface area contributed by atoms with Gasteiger partial charge in [0.1, 0.15) is 26.9 Å². The molecule has 30 heavy (non-hydrogen) atoms. The summed E-state index contributed by atoms with van der Waals surface area (Å²) in [5.74, 6) is -0.476. The van der Waals surface area contributed by atoms with Crippen LogP contribution in [-0.4, -0.2) is 22.1 Å². The highest BCUT2D eigenvalue weighted by Crippen LogP contribution is 2.57. The zero-order valence-electron chi connectivity index (χ0n) is 15.3. The minimum absolute atomic E-state index is 0.0124. The quantitative estimate of drug-likeness (QED) is 0.273. The van der Waals surface area contributed by atoms with E-state index in [2.05, 4.69) is 0 Å². The number of alkyl halides is 1. The molecule has 0 saturated heterocycles. The van der Waals surface area contributed by atoms with Crippen LogP contribution >= 0.6 is 22.6 Å². The van der Waals surface area contributed by atoms with Crippen molar-refractivity contribution in [1.82, 2.24) is 0 Å². The van der Waals surface area contributed by atoms with E-state index in [-0.39, 0.29) is 11.5 Å². The molecule has 2 heterocycles. The number of rotatable bonds is 2. The smallest absolute Gasteiger partial charge is 0.340 e. The predicted molar refractivity (Wildman–Crippen MR) is 114 cm³/mol. The van der Waals surface area contributed by atoms with Gasteiger partial charge in [-0.3, -0.25) is 4.79 Å². The zero-order valence-corrected chi connectivity index (χ0v) is 17.4. The predicted octanol–water partition coefficient (Wildman–Crippen LogP) is 3.63. The lowest BCUT2D eigenvalue weighted by molar-refractivity contribution is -0.117. The molecule has 8 heteroatoms. The molecule has 1 amide bonds. The second-order valence-corrected chi connectivity index (χ2v) is 8.35. The van der Waals surface area contributed by atoms with Crippen LogP contribution in [0.3, 0.4) is 0 Å². The molecule has 2 aliphatic heterocycles. The highest BCUT2D eigenvalue weighted by atomic mass is 127. The molecule has 1 spiro atoms. The average Bonchev–Trinajstić information content (AvgIpc) is 2.99. The Bertz CT molecular complexity index is 1200. The highest BCUT2D eigenvalue weighted by molar-refractivity contribution is 14.1. The molecule has 0 aliphatic carbocycles. The lowest BCUT2D eigenvalue weighted by Gasteiger charge is -2.36. The molecule has 4 N–H and O–H groups in total. The van der Waals surface area contributed by atoms with E-state index in [9.17, 15) is 19.8 Å². The number of esters is 1. The molecule has 0 saturated carbocycles. The van der Waals surface area contributed by atoms with Crippen LogP contribution in [0.15, 0.2) is 54.6 Å². The Hall–Kier alpha value is -3.27. The number of nitrogens with two attached hydrogens (primary N) is 1. The first-order chi connectivity index (χ1) is 14.3. The van der Waals surface area contributed by atoms with Crippen LogP contribution in [0.1, 0.15) is 36.5 Å². The van der Waals surface area contributed by atoms with E-state index in [1.807, 2.05) is 22.6 Å². The molecule has 0 fully saturated rings. The van der Waals surface area contributed by atoms with Crippen LogP contribution in [0.5, 0.6) is 23.0 Å². The van der Waals surface area contributed by atoms with E-state index < -0.39 is 21.4 Å². The Morgan fingerprint density at radius 1 is 0.933 bits per heavy atom. The van der Waals surface area contributed by atoms with Crippen LogP contribution in [0, 0.1) is 0 Å². The normalized spacial score (nSPS) is 16.1. The first kappa shape index (κ1) is 18.7. The maximum atomic E-state index is 13.0. The van der Waals surface area contributed by atoms with Gasteiger partial charge in [0, 0.05) is 28.8 Å². The van der Waals surface area contributed by atoms with Crippen LogP contribution in [0.4, 0.5) is 0 Å². The summed E-state index contributed by atoms with van der Waals surface area (Å²) in [7, 11) is 0. The minimum Gasteiger partial charge on any atom is -0.508 e. The molecule has 3 aromatic carbocycles. The lowest BCUT2D eigenvalue weighted by atomic mass is 9.77. The standard InChI is InChI=1S/C22H14INO6/c23-19(20(24)27)10-1-4-14-13(7-10)21(28)30-22(14)15-5-2-11(25)8-17(15)29-18-9-12(26)3-6-16(18)22/h1-9,19,25-26H,(H2,24,27). The van der Waals surface area contributed by atoms with Gasteiger partial charge in [-0.25, -0.2) is 4.79 Å². The van der Waals surface area contributed by atoms with Gasteiger partial charge in [0.25, 0.3) is 0 Å². The molecule has 150 valence electrons. The second kappa shape index (κ2) is 6.36. The Balaban J connectivity index is 1.81. The summed E-state index contributed by atoms with van der Waals surface area (Å²) >= 11 is 1.92. The average molecular weight is 515 g/mol. The molecule has 0 bridgehead atoms. The third-order valence-corrected chi connectivity index (χ3v) is 6.67. The van der Waals surface area contributed by atoms with Gasteiger partial charge in [0.15, 0.2) is 5.60 Å². The molecule has 2 aliphatic rings. The largest absolute Gasteiger partial charge is 0.508 e. The van der Waals surface area contributed by atoms with E-state index in [4.69, 9.17) is 15.2 Å². The Labute approximate surface area is 184 Å². The van der Waals surface area contributed by atoms with Crippen molar-refractivity contribution in [1.29, 1.82) is 0 Å². The van der Waals surface area contributed by atoms with Gasteiger partial charge in [-0.1, -0.05) is 34.7 Å². The van der Waals surface area contributed by atoms with Gasteiger partial charge in [0.05, 0.1) is 5.56 Å². The number of amides is 1. The van der Waals surface area contributed by atoms with Gasteiger partial charge in [-0.15, -0.1) is 0 Å². The number of phenols is 2. The van der Waals surface area contributed by atoms with E-state index >= 15 is 0 Å². The van der Waals surface area contributed by atoms with Gasteiger partial charge in [-0.05, 0) is 35.9 Å². The van der Waals surface area contributed by atoms with E-state index in [1.165, 1.54) is 24.3 Å². The van der Waals surface area contributed by atoms with E-state index in [0.717, 1.165) is 0 Å². The fourth-order valence-electron chi connectivity index (χ4n) is 4.04. The number of carbonyl (C=O) groups excluding carboxylic acids is 2. The number of primary amides is 1. The Morgan fingerprint density at radius 3 is 2.07 bits per heavy atom. The lowest BCUT2D eigenvalue weighted by Crippen LogP contribution is -2.32. The Morgan fingerprint density at radius 2 is 1.50 bits per heavy atom. The molecule has 0 aromatic heterocycles. The van der Waals surface area contributed by atoms with Crippen molar-refractivity contribution in [2.24, 2.45) is 5.73 Å². The molecular formula is C22H14INO6. The SMILES string of the molecule is NC(=O)C(I)c1ccc2c(c1)C(=O)OC21c2ccc(O)cc2Oc2cc(O)ccc21. The van der Waals surface area contributed by atoms with Crippen LogP contribution in [0.2, 0.25) is 0 Å². The van der Waals surface area contributed by atoms with E-state index in [1.54, 1.807) is 30.3 Å². The molecule has 0 radical (unpaired) electrons. The molecule has 5 rings (SSSR count). The van der Waals surface area contributed by atoms with Crippen molar-refractivity contribution in [3.63, 3.8) is 0 Å². The summed E-state index contributed by atoms with van der Waals surface area (Å²) in [6.07, 6.45) is 0. The van der Waals surface area contributed by atoms with Crippen LogP contribution in [-0.2, 0) is 15.1 Å². The van der Waals surface area contributed by atoms with E-state index in [0.29, 0.717) is 39.3 Å². The van der Waals surface area contributed by atoms with Gasteiger partial charge < -0.3 is 25.4 Å². The first-order valence-corrected chi connectivity index (χ1v) is 10.2. The third kappa shape index (κ3) is 2.49. The number of hydrogen-bond donors (Lipinski definition) is 3. The summed E-state index contributed by atoms with van der Waals surface area (Å²) < 4.78 is 11.3. The zero-order chi connectivity index (χ0) is 21.2. The highest BCUT2D eigenvalue weighted by Gasteiger charge is 2.53. The number of hydrogen-bond acceptors (Lipinski definition) is 6. The number of halogens is 1. The molecular weight excluding hydrogens is 501 g/mol. The van der Waals surface area contributed by atoms with Gasteiger partial charge in [0.2, 0.25) is 5.91 Å². The van der Waals surface area contributed by atoms with Gasteiger partial charge >= 0.3 is 5.97 Å². The maximum Gasteiger partial charge on any atom is 0.340 e. The van der Waals surface area contributed by atoms with Crippen molar-refractivity contribution in [2.75, 3.05) is 0 Å². The fraction of sp³-hybridized carbons (Fsp3) is 0.0909. The number of benzene rings is 3. The second-order valence-electron chi connectivity index (χ2n) is 7.10. The van der Waals surface area contributed by atoms with Crippen LogP contribution in [0.25, 0.3) is 0 Å². The fourth-order valence-corrected chi connectivity index (χ4v) is 4.43. The number of carbonyl (C=O) groups is 2. The summed E-state index contributed by atoms with van der Waals surface area (Å²) in [4.78, 5) is 24.6. The molecule has 1 atom stereocenters. The van der Waals surface area contributed by atoms with Crippen molar-refractivity contribution in [2.45, 2.75) is 9.53 Å². The van der Waals surface area contributed by atoms with Crippen molar-refractivity contribution < 1.29 is 29.3 Å². The van der Waals surface area contributed by atoms with Crippen molar-refractivity contribution in [3.8, 4) is 23.0 Å².